The van der Waals surface area contributed by atoms with Crippen LogP contribution in [0.2, 0.25) is 0 Å². The van der Waals surface area contributed by atoms with E-state index in [1.807, 2.05) is 0 Å². The molecule has 0 saturated heterocycles. The molecule has 0 aliphatic carbocycles. The first-order valence-corrected chi connectivity index (χ1v) is 9.93. The van der Waals surface area contributed by atoms with Crippen LogP contribution in [0.3, 0.4) is 0 Å². The highest BCUT2D eigenvalue weighted by molar-refractivity contribution is 7.88. The standard InChI is InChI=1S/C18H16F6N2O3S/c1-25-30(28,29)10-12-4-2-11(3-5-12)9-26-16(27)13-6-14(17(19,20)21)8-15(7-13)18(22,23)24/h2-8,25H,9-10H2,1H3,(H,26,27). The third kappa shape index (κ3) is 6.46. The minimum absolute atomic E-state index is 0.0608. The number of rotatable bonds is 6. The normalized spacial score (nSPS) is 12.6. The monoisotopic (exact) mass is 454 g/mol. The fourth-order valence-corrected chi connectivity index (χ4v) is 3.19. The van der Waals surface area contributed by atoms with Crippen molar-refractivity contribution in [3.63, 3.8) is 0 Å². The van der Waals surface area contributed by atoms with Crippen LogP contribution >= 0.6 is 0 Å². The number of halogens is 6. The number of carbonyl (C=O) groups excluding carboxylic acids is 1. The van der Waals surface area contributed by atoms with Crippen LogP contribution in [0, 0.1) is 0 Å². The van der Waals surface area contributed by atoms with E-state index >= 15 is 0 Å². The zero-order valence-electron chi connectivity index (χ0n) is 15.4. The lowest BCUT2D eigenvalue weighted by Gasteiger charge is -2.14. The Bertz CT molecular complexity index is 983. The molecule has 2 rings (SSSR count). The summed E-state index contributed by atoms with van der Waals surface area (Å²) >= 11 is 0. The lowest BCUT2D eigenvalue weighted by atomic mass is 10.0. The summed E-state index contributed by atoms with van der Waals surface area (Å²) in [6, 6.07) is 6.54. The Kier molecular flexibility index (Phi) is 6.82. The van der Waals surface area contributed by atoms with Gasteiger partial charge in [-0.3, -0.25) is 4.79 Å². The van der Waals surface area contributed by atoms with Crippen molar-refractivity contribution < 1.29 is 39.6 Å². The maximum atomic E-state index is 12.9. The molecular weight excluding hydrogens is 438 g/mol. The summed E-state index contributed by atoms with van der Waals surface area (Å²) in [5.41, 5.74) is -3.03. The molecule has 0 saturated carbocycles. The molecule has 0 aromatic heterocycles. The Morgan fingerprint density at radius 1 is 0.867 bits per heavy atom. The Labute approximate surface area is 168 Å². The third-order valence-corrected chi connectivity index (χ3v) is 5.33. The topological polar surface area (TPSA) is 75.3 Å². The molecule has 0 atom stereocenters. The van der Waals surface area contributed by atoms with Crippen molar-refractivity contribution in [1.29, 1.82) is 0 Å². The minimum Gasteiger partial charge on any atom is -0.348 e. The second-order valence-corrected chi connectivity index (χ2v) is 8.18. The van der Waals surface area contributed by atoms with Crippen LogP contribution in [-0.2, 0) is 34.7 Å². The summed E-state index contributed by atoms with van der Waals surface area (Å²) in [7, 11) is -2.22. The summed E-state index contributed by atoms with van der Waals surface area (Å²) in [5, 5.41) is 2.25. The number of hydrogen-bond acceptors (Lipinski definition) is 3. The molecule has 5 nitrogen and oxygen atoms in total. The number of carbonyl (C=O) groups is 1. The van der Waals surface area contributed by atoms with Crippen LogP contribution in [0.4, 0.5) is 26.3 Å². The average molecular weight is 454 g/mol. The lowest BCUT2D eigenvalue weighted by molar-refractivity contribution is -0.143. The SMILES string of the molecule is CNS(=O)(=O)Cc1ccc(CNC(=O)c2cc(C(F)(F)F)cc(C(F)(F)F)c2)cc1. The fraction of sp³-hybridized carbons (Fsp3) is 0.278. The molecule has 0 unspecified atom stereocenters. The van der Waals surface area contributed by atoms with E-state index < -0.39 is 45.0 Å². The molecule has 0 bridgehead atoms. The summed E-state index contributed by atoms with van der Waals surface area (Å²) < 4.78 is 102. The molecule has 0 heterocycles. The molecule has 0 radical (unpaired) electrons. The van der Waals surface area contributed by atoms with Crippen molar-refractivity contribution >= 4 is 15.9 Å². The van der Waals surface area contributed by atoms with Crippen LogP contribution in [0.25, 0.3) is 0 Å². The Hall–Kier alpha value is -2.60. The predicted molar refractivity (Wildman–Crippen MR) is 95.7 cm³/mol. The predicted octanol–water partition coefficient (Wildman–Crippen LogP) is 3.70. The van der Waals surface area contributed by atoms with Crippen molar-refractivity contribution in [1.82, 2.24) is 10.0 Å². The van der Waals surface area contributed by atoms with Gasteiger partial charge in [0.1, 0.15) is 0 Å². The first kappa shape index (κ1) is 23.7. The molecule has 1 amide bonds. The number of nitrogens with one attached hydrogen (secondary N) is 2. The Morgan fingerprint density at radius 3 is 1.77 bits per heavy atom. The van der Waals surface area contributed by atoms with Gasteiger partial charge in [0.25, 0.3) is 5.91 Å². The van der Waals surface area contributed by atoms with Gasteiger partial charge in [0.05, 0.1) is 16.9 Å². The van der Waals surface area contributed by atoms with Gasteiger partial charge >= 0.3 is 12.4 Å². The fourth-order valence-electron chi connectivity index (χ4n) is 2.42. The van der Waals surface area contributed by atoms with Gasteiger partial charge in [0.15, 0.2) is 0 Å². The van der Waals surface area contributed by atoms with Crippen molar-refractivity contribution in [2.75, 3.05) is 7.05 Å². The molecule has 12 heteroatoms. The first-order valence-electron chi connectivity index (χ1n) is 8.28. The summed E-state index contributed by atoms with van der Waals surface area (Å²) in [6.45, 7) is -0.185. The molecule has 30 heavy (non-hydrogen) atoms. The van der Waals surface area contributed by atoms with E-state index in [1.165, 1.54) is 31.3 Å². The number of benzene rings is 2. The van der Waals surface area contributed by atoms with Gasteiger partial charge < -0.3 is 5.32 Å². The second kappa shape index (κ2) is 8.64. The number of hydrogen-bond donors (Lipinski definition) is 2. The van der Waals surface area contributed by atoms with Crippen LogP contribution in [0.1, 0.15) is 32.6 Å². The maximum Gasteiger partial charge on any atom is 0.416 e. The highest BCUT2D eigenvalue weighted by Crippen LogP contribution is 2.36. The minimum atomic E-state index is -5.06. The van der Waals surface area contributed by atoms with Gasteiger partial charge in [0, 0.05) is 12.1 Å². The second-order valence-electron chi connectivity index (χ2n) is 6.26. The molecule has 0 fully saturated rings. The van der Waals surface area contributed by atoms with Gasteiger partial charge in [-0.15, -0.1) is 0 Å². The molecular formula is C18H16F6N2O3S. The molecule has 0 spiro atoms. The van der Waals surface area contributed by atoms with E-state index in [1.54, 1.807) is 0 Å². The quantitative estimate of drug-likeness (QED) is 0.654. The Morgan fingerprint density at radius 2 is 1.33 bits per heavy atom. The molecule has 0 aliphatic rings. The summed E-state index contributed by atoms with van der Waals surface area (Å²) in [6.07, 6.45) is -10.1. The molecule has 164 valence electrons. The van der Waals surface area contributed by atoms with Gasteiger partial charge in [-0.05, 0) is 36.4 Å². The highest BCUT2D eigenvalue weighted by atomic mass is 32.2. The number of alkyl halides is 6. The first-order chi connectivity index (χ1) is 13.7. The van der Waals surface area contributed by atoms with Gasteiger partial charge in [0.2, 0.25) is 10.0 Å². The molecule has 2 aromatic rings. The lowest BCUT2D eigenvalue weighted by Crippen LogP contribution is -2.24. The van der Waals surface area contributed by atoms with Crippen molar-refractivity contribution in [2.45, 2.75) is 24.7 Å². The van der Waals surface area contributed by atoms with E-state index in [4.69, 9.17) is 0 Å². The van der Waals surface area contributed by atoms with E-state index in [-0.39, 0.29) is 18.4 Å². The molecule has 2 N–H and O–H groups in total. The van der Waals surface area contributed by atoms with E-state index in [2.05, 4.69) is 10.0 Å². The van der Waals surface area contributed by atoms with Crippen molar-refractivity contribution in [3.8, 4) is 0 Å². The van der Waals surface area contributed by atoms with Crippen LogP contribution in [0.15, 0.2) is 42.5 Å². The third-order valence-electron chi connectivity index (χ3n) is 3.99. The molecule has 2 aromatic carbocycles. The average Bonchev–Trinajstić information content (AvgIpc) is 2.65. The zero-order chi connectivity index (χ0) is 22.7. The molecule has 0 aliphatic heterocycles. The Balaban J connectivity index is 2.16. The largest absolute Gasteiger partial charge is 0.416 e. The van der Waals surface area contributed by atoms with Crippen LogP contribution < -0.4 is 10.0 Å². The van der Waals surface area contributed by atoms with Crippen molar-refractivity contribution in [3.05, 3.63) is 70.3 Å². The van der Waals surface area contributed by atoms with Crippen LogP contribution in [-0.4, -0.2) is 21.4 Å². The van der Waals surface area contributed by atoms with E-state index in [0.29, 0.717) is 23.3 Å². The van der Waals surface area contributed by atoms with E-state index in [0.717, 1.165) is 0 Å². The van der Waals surface area contributed by atoms with Gasteiger partial charge in [-0.2, -0.15) is 26.3 Å². The zero-order valence-corrected chi connectivity index (χ0v) is 16.2. The van der Waals surface area contributed by atoms with E-state index in [9.17, 15) is 39.6 Å². The summed E-state index contributed by atoms with van der Waals surface area (Å²) in [4.78, 5) is 12.1. The number of sulfonamides is 1. The highest BCUT2D eigenvalue weighted by Gasteiger charge is 2.37. The number of amides is 1. The van der Waals surface area contributed by atoms with Crippen LogP contribution in [0.5, 0.6) is 0 Å². The maximum absolute atomic E-state index is 12.9. The van der Waals surface area contributed by atoms with Gasteiger partial charge in [-0.1, -0.05) is 24.3 Å². The van der Waals surface area contributed by atoms with Crippen molar-refractivity contribution in [2.24, 2.45) is 0 Å². The van der Waals surface area contributed by atoms with Gasteiger partial charge in [-0.25, -0.2) is 13.1 Å². The summed E-state index contributed by atoms with van der Waals surface area (Å²) in [5.74, 6) is -1.39. The smallest absolute Gasteiger partial charge is 0.348 e.